The van der Waals surface area contributed by atoms with Gasteiger partial charge in [-0.2, -0.15) is 0 Å². The molecule has 5 heteroatoms. The highest BCUT2D eigenvalue weighted by Gasteiger charge is 2.41. The maximum atomic E-state index is 12.4. The van der Waals surface area contributed by atoms with Gasteiger partial charge in [-0.3, -0.25) is 4.79 Å². The monoisotopic (exact) mass is 272 g/mol. The molecule has 0 bridgehead atoms. The van der Waals surface area contributed by atoms with Crippen LogP contribution in [0, 0.1) is 10.8 Å². The molecule has 1 aliphatic rings. The fourth-order valence-electron chi connectivity index (χ4n) is 2.38. The maximum absolute atomic E-state index is 12.4. The van der Waals surface area contributed by atoms with Gasteiger partial charge in [-0.25, -0.2) is 0 Å². The van der Waals surface area contributed by atoms with Gasteiger partial charge in [0, 0.05) is 33.9 Å². The predicted octanol–water partition coefficient (Wildman–Crippen LogP) is 0.791. The zero-order chi connectivity index (χ0) is 14.4. The van der Waals surface area contributed by atoms with Crippen molar-refractivity contribution in [3.8, 4) is 0 Å². The van der Waals surface area contributed by atoms with E-state index in [9.17, 15) is 4.79 Å². The van der Waals surface area contributed by atoms with E-state index >= 15 is 0 Å². The minimum absolute atomic E-state index is 0.0476. The molecule has 5 nitrogen and oxygen atoms in total. The summed E-state index contributed by atoms with van der Waals surface area (Å²) >= 11 is 0. The summed E-state index contributed by atoms with van der Waals surface area (Å²) in [6.45, 7) is 7.72. The Hall–Kier alpha value is -0.650. The van der Waals surface area contributed by atoms with Gasteiger partial charge < -0.3 is 20.1 Å². The van der Waals surface area contributed by atoms with Gasteiger partial charge in [-0.05, 0) is 24.8 Å². The highest BCUT2D eigenvalue weighted by Crippen LogP contribution is 2.27. The second-order valence-electron chi connectivity index (χ2n) is 6.23. The molecule has 0 aromatic carbocycles. The number of ether oxygens (including phenoxy) is 2. The second-order valence-corrected chi connectivity index (χ2v) is 6.23. The quantitative estimate of drug-likeness (QED) is 0.686. The first kappa shape index (κ1) is 16.4. The van der Waals surface area contributed by atoms with Crippen LogP contribution in [0.25, 0.3) is 0 Å². The van der Waals surface area contributed by atoms with Crippen LogP contribution >= 0.6 is 0 Å². The van der Waals surface area contributed by atoms with Crippen molar-refractivity contribution in [3.05, 3.63) is 0 Å². The molecule has 0 radical (unpaired) electrons. The van der Waals surface area contributed by atoms with Crippen molar-refractivity contribution in [3.63, 3.8) is 0 Å². The Kier molecular flexibility index (Phi) is 6.23. The fourth-order valence-corrected chi connectivity index (χ4v) is 2.38. The Bertz CT molecular complexity index is 286. The van der Waals surface area contributed by atoms with Crippen LogP contribution in [0.1, 0.15) is 26.7 Å². The van der Waals surface area contributed by atoms with Crippen molar-refractivity contribution in [1.82, 2.24) is 10.6 Å². The van der Waals surface area contributed by atoms with Gasteiger partial charge in [0.15, 0.2) is 0 Å². The molecule has 1 fully saturated rings. The lowest BCUT2D eigenvalue weighted by atomic mass is 9.85. The number of hydrogen-bond acceptors (Lipinski definition) is 4. The van der Waals surface area contributed by atoms with Gasteiger partial charge in [0.1, 0.15) is 0 Å². The number of methoxy groups -OCH3 is 2. The van der Waals surface area contributed by atoms with E-state index in [0.29, 0.717) is 26.3 Å². The molecule has 0 aromatic heterocycles. The first-order valence-electron chi connectivity index (χ1n) is 6.93. The van der Waals surface area contributed by atoms with Crippen molar-refractivity contribution in [2.24, 2.45) is 10.8 Å². The van der Waals surface area contributed by atoms with Gasteiger partial charge in [-0.15, -0.1) is 0 Å². The number of amides is 1. The Labute approximate surface area is 116 Å². The molecule has 1 amide bonds. The number of rotatable bonds is 8. The van der Waals surface area contributed by atoms with Crippen LogP contribution in [0.4, 0.5) is 0 Å². The van der Waals surface area contributed by atoms with E-state index in [1.54, 1.807) is 14.2 Å². The number of carbonyl (C=O) groups excluding carboxylic acids is 1. The van der Waals surface area contributed by atoms with Gasteiger partial charge >= 0.3 is 0 Å². The van der Waals surface area contributed by atoms with E-state index in [4.69, 9.17) is 9.47 Å². The minimum atomic E-state index is -0.397. The van der Waals surface area contributed by atoms with Crippen molar-refractivity contribution in [2.45, 2.75) is 26.7 Å². The van der Waals surface area contributed by atoms with Crippen molar-refractivity contribution in [2.75, 3.05) is 47.1 Å². The lowest BCUT2D eigenvalue weighted by Crippen LogP contribution is -2.48. The van der Waals surface area contributed by atoms with Crippen molar-refractivity contribution < 1.29 is 14.3 Å². The maximum Gasteiger partial charge on any atom is 0.229 e. The summed E-state index contributed by atoms with van der Waals surface area (Å²) < 4.78 is 10.3. The van der Waals surface area contributed by atoms with Gasteiger partial charge in [0.05, 0.1) is 12.0 Å². The zero-order valence-electron chi connectivity index (χ0n) is 12.7. The van der Waals surface area contributed by atoms with Gasteiger partial charge in [0.2, 0.25) is 5.91 Å². The number of hydrogen-bond donors (Lipinski definition) is 2. The van der Waals surface area contributed by atoms with Crippen molar-refractivity contribution >= 4 is 5.91 Å². The summed E-state index contributed by atoms with van der Waals surface area (Å²) in [6, 6.07) is 0. The average Bonchev–Trinajstić information content (AvgIpc) is 2.84. The second kappa shape index (κ2) is 7.22. The van der Waals surface area contributed by atoms with Crippen LogP contribution in [-0.4, -0.2) is 53.0 Å². The molecule has 1 atom stereocenters. The molecule has 1 heterocycles. The smallest absolute Gasteiger partial charge is 0.229 e. The molecule has 1 aliphatic heterocycles. The lowest BCUT2D eigenvalue weighted by molar-refractivity contribution is -0.133. The zero-order valence-corrected chi connectivity index (χ0v) is 12.7. The molecule has 1 unspecified atom stereocenters. The summed E-state index contributed by atoms with van der Waals surface area (Å²) in [5.74, 6) is 0.102. The normalized spacial score (nSPS) is 23.6. The molecule has 112 valence electrons. The van der Waals surface area contributed by atoms with Gasteiger partial charge in [-0.1, -0.05) is 13.8 Å². The number of nitrogens with one attached hydrogen (secondary N) is 2. The number of carbonyl (C=O) groups is 1. The Morgan fingerprint density at radius 2 is 2.11 bits per heavy atom. The van der Waals surface area contributed by atoms with Crippen LogP contribution in [0.2, 0.25) is 0 Å². The van der Waals surface area contributed by atoms with Crippen LogP contribution in [0.3, 0.4) is 0 Å². The summed E-state index contributed by atoms with van der Waals surface area (Å²) in [6.07, 6.45) is 1.77. The van der Waals surface area contributed by atoms with E-state index in [0.717, 1.165) is 19.4 Å². The molecule has 19 heavy (non-hydrogen) atoms. The Morgan fingerprint density at radius 1 is 1.37 bits per heavy atom. The molecular weight excluding hydrogens is 244 g/mol. The highest BCUT2D eigenvalue weighted by molar-refractivity contribution is 5.83. The first-order chi connectivity index (χ1) is 8.96. The van der Waals surface area contributed by atoms with Gasteiger partial charge in [0.25, 0.3) is 0 Å². The van der Waals surface area contributed by atoms with E-state index in [1.807, 2.05) is 0 Å². The molecule has 0 aromatic rings. The minimum Gasteiger partial charge on any atom is -0.385 e. The molecule has 2 N–H and O–H groups in total. The van der Waals surface area contributed by atoms with E-state index in [-0.39, 0.29) is 11.3 Å². The Morgan fingerprint density at radius 3 is 2.63 bits per heavy atom. The third-order valence-electron chi connectivity index (χ3n) is 3.86. The average molecular weight is 272 g/mol. The fraction of sp³-hybridized carbons (Fsp3) is 0.929. The molecular formula is C14H28N2O3. The molecule has 0 saturated carbocycles. The van der Waals surface area contributed by atoms with Crippen LogP contribution in [-0.2, 0) is 14.3 Å². The van der Waals surface area contributed by atoms with Crippen molar-refractivity contribution in [1.29, 1.82) is 0 Å². The summed E-state index contributed by atoms with van der Waals surface area (Å²) in [7, 11) is 3.35. The first-order valence-corrected chi connectivity index (χ1v) is 6.93. The molecule has 1 rings (SSSR count). The van der Waals surface area contributed by atoms with E-state index < -0.39 is 5.41 Å². The van der Waals surface area contributed by atoms with Crippen LogP contribution in [0.15, 0.2) is 0 Å². The van der Waals surface area contributed by atoms with Crippen LogP contribution in [0.5, 0.6) is 0 Å². The molecule has 0 spiro atoms. The van der Waals surface area contributed by atoms with Crippen LogP contribution < -0.4 is 10.6 Å². The highest BCUT2D eigenvalue weighted by atomic mass is 16.5. The predicted molar refractivity (Wildman–Crippen MR) is 75.1 cm³/mol. The standard InChI is InChI=1S/C14H28N2O3/c1-13(2,6-8-18-3)9-16-12(17)14(11-19-4)5-7-15-10-14/h15H,5-11H2,1-4H3,(H,16,17). The lowest BCUT2D eigenvalue weighted by Gasteiger charge is -2.30. The largest absolute Gasteiger partial charge is 0.385 e. The third-order valence-corrected chi connectivity index (χ3v) is 3.86. The summed E-state index contributed by atoms with van der Waals surface area (Å²) in [4.78, 5) is 12.4. The molecule has 1 saturated heterocycles. The summed E-state index contributed by atoms with van der Waals surface area (Å²) in [5, 5.41) is 6.33. The van der Waals surface area contributed by atoms with E-state index in [2.05, 4.69) is 24.5 Å². The van der Waals surface area contributed by atoms with E-state index in [1.165, 1.54) is 0 Å². The topological polar surface area (TPSA) is 59.6 Å². The summed E-state index contributed by atoms with van der Waals surface area (Å²) in [5.41, 5.74) is -0.349. The third kappa shape index (κ3) is 4.75. The molecule has 0 aliphatic carbocycles. The SMILES string of the molecule is COCCC(C)(C)CNC(=O)C1(COC)CCNC1. The Balaban J connectivity index is 2.49.